The van der Waals surface area contributed by atoms with Crippen molar-refractivity contribution in [2.45, 2.75) is 57.5 Å². The Hall–Kier alpha value is -2.17. The van der Waals surface area contributed by atoms with Gasteiger partial charge in [-0.2, -0.15) is 0 Å². The third-order valence-electron chi connectivity index (χ3n) is 4.39. The molecule has 2 aliphatic carbocycles. The van der Waals surface area contributed by atoms with E-state index in [0.717, 1.165) is 36.9 Å². The monoisotopic (exact) mass is 370 g/mol. The largest absolute Gasteiger partial charge is 0.444 e. The predicted molar refractivity (Wildman–Crippen MR) is 102 cm³/mol. The fraction of sp³-hybridized carbons (Fsp3) is 0.524. The molecule has 1 heterocycles. The lowest BCUT2D eigenvalue weighted by Crippen LogP contribution is -2.37. The van der Waals surface area contributed by atoms with Crippen molar-refractivity contribution in [2.24, 2.45) is 5.92 Å². The fourth-order valence-electron chi connectivity index (χ4n) is 2.86. The van der Waals surface area contributed by atoms with Crippen LogP contribution < -0.4 is 5.32 Å². The van der Waals surface area contributed by atoms with Crippen LogP contribution in [0.3, 0.4) is 0 Å². The molecule has 1 aromatic heterocycles. The second kappa shape index (κ2) is 7.22. The molecule has 0 bridgehead atoms. The van der Waals surface area contributed by atoms with Crippen LogP contribution in [0.25, 0.3) is 0 Å². The molecule has 1 amide bonds. The highest BCUT2D eigenvalue weighted by molar-refractivity contribution is 6.31. The average molecular weight is 371 g/mol. The van der Waals surface area contributed by atoms with E-state index in [0.29, 0.717) is 11.6 Å². The minimum absolute atomic E-state index is 0.154. The topological polar surface area (TPSA) is 51.2 Å². The van der Waals surface area contributed by atoms with Crippen molar-refractivity contribution in [3.63, 3.8) is 0 Å². The molecule has 5 heteroatoms. The molecule has 4 nitrogen and oxygen atoms in total. The molecule has 0 saturated heterocycles. The quantitative estimate of drug-likeness (QED) is 0.816. The summed E-state index contributed by atoms with van der Waals surface area (Å²) in [6, 6.07) is 1.85. The van der Waals surface area contributed by atoms with Gasteiger partial charge in [0.05, 0.1) is 16.6 Å². The summed E-state index contributed by atoms with van der Waals surface area (Å²) in [6.45, 7) is 6.00. The molecule has 0 aromatic carbocycles. The second-order valence-electron chi connectivity index (χ2n) is 7.87. The highest BCUT2D eigenvalue weighted by atomic mass is 35.5. The van der Waals surface area contributed by atoms with Crippen molar-refractivity contribution in [3.05, 3.63) is 28.5 Å². The summed E-state index contributed by atoms with van der Waals surface area (Å²) in [5.74, 6) is 12.6. The normalized spacial score (nSPS) is 19.6. The first-order valence-corrected chi connectivity index (χ1v) is 9.28. The van der Waals surface area contributed by atoms with Crippen LogP contribution in [0.4, 0.5) is 4.79 Å². The summed E-state index contributed by atoms with van der Waals surface area (Å²) >= 11 is 6.47. The number of rotatable bonds is 3. The van der Waals surface area contributed by atoms with Gasteiger partial charge in [0.25, 0.3) is 0 Å². The number of carbonyl (C=O) groups excluding carboxylic acids is 1. The lowest BCUT2D eigenvalue weighted by Gasteiger charge is -2.22. The number of aromatic nitrogens is 1. The van der Waals surface area contributed by atoms with E-state index >= 15 is 0 Å². The van der Waals surface area contributed by atoms with Crippen molar-refractivity contribution in [3.8, 4) is 23.7 Å². The Morgan fingerprint density at radius 1 is 1.50 bits per heavy atom. The molecule has 26 heavy (non-hydrogen) atoms. The number of nitrogens with zero attached hydrogens (tertiary/aromatic N) is 1. The van der Waals surface area contributed by atoms with Gasteiger partial charge >= 0.3 is 6.09 Å². The van der Waals surface area contributed by atoms with E-state index in [-0.39, 0.29) is 11.3 Å². The molecular formula is C21H23ClN2O2. The summed E-state index contributed by atoms with van der Waals surface area (Å²) < 4.78 is 5.29. The average Bonchev–Trinajstić information content (AvgIpc) is 3.15. The van der Waals surface area contributed by atoms with Gasteiger partial charge in [0.2, 0.25) is 0 Å². The van der Waals surface area contributed by atoms with E-state index in [1.807, 2.05) is 26.8 Å². The molecule has 0 spiro atoms. The van der Waals surface area contributed by atoms with Crippen molar-refractivity contribution in [1.82, 2.24) is 10.3 Å². The molecule has 2 aliphatic rings. The Labute approximate surface area is 160 Å². The predicted octanol–water partition coefficient (Wildman–Crippen LogP) is 4.06. The molecule has 1 aromatic rings. The molecular weight excluding hydrogens is 348 g/mol. The Bertz CT molecular complexity index is 830. The van der Waals surface area contributed by atoms with Crippen LogP contribution in [-0.4, -0.2) is 23.2 Å². The number of amides is 1. The van der Waals surface area contributed by atoms with Gasteiger partial charge in [-0.3, -0.25) is 4.98 Å². The van der Waals surface area contributed by atoms with E-state index in [2.05, 4.69) is 34.0 Å². The molecule has 0 radical (unpaired) electrons. The summed E-state index contributed by atoms with van der Waals surface area (Å²) in [6.07, 6.45) is 5.12. The fourth-order valence-corrected chi connectivity index (χ4v) is 3.23. The number of hydrogen-bond donors (Lipinski definition) is 1. The van der Waals surface area contributed by atoms with Crippen molar-refractivity contribution >= 4 is 17.7 Å². The summed E-state index contributed by atoms with van der Waals surface area (Å²) in [7, 11) is 0. The molecule has 1 saturated carbocycles. The van der Waals surface area contributed by atoms with Gasteiger partial charge in [0.1, 0.15) is 5.60 Å². The Kier molecular flexibility index (Phi) is 5.17. The number of carbonyl (C=O) groups is 1. The lowest BCUT2D eigenvalue weighted by atomic mass is 10.0. The minimum Gasteiger partial charge on any atom is -0.444 e. The maximum absolute atomic E-state index is 11.9. The summed E-state index contributed by atoms with van der Waals surface area (Å²) in [4.78, 5) is 16.4. The Balaban J connectivity index is 1.65. The van der Waals surface area contributed by atoms with Crippen LogP contribution in [0.1, 0.15) is 57.7 Å². The smallest absolute Gasteiger partial charge is 0.407 e. The molecule has 0 aliphatic heterocycles. The first-order chi connectivity index (χ1) is 12.3. The van der Waals surface area contributed by atoms with E-state index < -0.39 is 11.7 Å². The third-order valence-corrected chi connectivity index (χ3v) is 4.68. The van der Waals surface area contributed by atoms with Crippen LogP contribution in [0.5, 0.6) is 0 Å². The highest BCUT2D eigenvalue weighted by Gasteiger charge is 2.47. The van der Waals surface area contributed by atoms with Gasteiger partial charge in [-0.25, -0.2) is 4.79 Å². The van der Waals surface area contributed by atoms with Gasteiger partial charge in [-0.05, 0) is 46.1 Å². The van der Waals surface area contributed by atoms with Gasteiger partial charge in [-0.1, -0.05) is 29.4 Å². The number of halogens is 1. The van der Waals surface area contributed by atoms with Gasteiger partial charge in [-0.15, -0.1) is 5.92 Å². The first-order valence-electron chi connectivity index (χ1n) is 8.90. The molecule has 1 unspecified atom stereocenters. The van der Waals surface area contributed by atoms with Crippen LogP contribution in [0.15, 0.2) is 12.3 Å². The van der Waals surface area contributed by atoms with Crippen LogP contribution >= 0.6 is 11.6 Å². The number of alkyl carbamates (subject to hydrolysis) is 1. The third kappa shape index (κ3) is 4.71. The van der Waals surface area contributed by atoms with Crippen molar-refractivity contribution < 1.29 is 9.53 Å². The summed E-state index contributed by atoms with van der Waals surface area (Å²) in [5.41, 5.74) is 0.905. The van der Waals surface area contributed by atoms with Crippen molar-refractivity contribution in [2.75, 3.05) is 6.54 Å². The minimum atomic E-state index is -0.513. The zero-order valence-electron chi connectivity index (χ0n) is 15.4. The molecule has 3 rings (SSSR count). The second-order valence-corrected chi connectivity index (χ2v) is 8.28. The molecule has 1 fully saturated rings. The first kappa shape index (κ1) is 18.6. The molecule has 1 atom stereocenters. The van der Waals surface area contributed by atoms with E-state index in [1.165, 1.54) is 0 Å². The zero-order chi connectivity index (χ0) is 18.8. The Morgan fingerprint density at radius 3 is 2.85 bits per heavy atom. The van der Waals surface area contributed by atoms with E-state index in [1.54, 1.807) is 6.20 Å². The van der Waals surface area contributed by atoms with Crippen LogP contribution in [-0.2, 0) is 10.2 Å². The van der Waals surface area contributed by atoms with E-state index in [9.17, 15) is 4.79 Å². The number of hydrogen-bond acceptors (Lipinski definition) is 3. The zero-order valence-corrected chi connectivity index (χ0v) is 16.2. The Morgan fingerprint density at radius 2 is 2.27 bits per heavy atom. The highest BCUT2D eigenvalue weighted by Crippen LogP contribution is 2.49. The number of pyridine rings is 1. The molecule has 1 N–H and O–H groups in total. The van der Waals surface area contributed by atoms with Crippen LogP contribution in [0, 0.1) is 29.6 Å². The maximum Gasteiger partial charge on any atom is 0.407 e. The van der Waals surface area contributed by atoms with Gasteiger partial charge < -0.3 is 10.1 Å². The van der Waals surface area contributed by atoms with Gasteiger partial charge in [0, 0.05) is 30.1 Å². The SMILES string of the molecule is CC(C)(C)OC(=O)NCC1(c2ncc(C#CC3C#CCC3)cc2Cl)CC1. The number of ether oxygens (including phenoxy) is 1. The summed E-state index contributed by atoms with van der Waals surface area (Å²) in [5, 5.41) is 3.44. The van der Waals surface area contributed by atoms with Crippen LogP contribution in [0.2, 0.25) is 5.02 Å². The standard InChI is InChI=1S/C21H23ClN2O2/c1-20(2,3)26-19(25)24-14-21(10-11-21)18-17(22)12-16(13-23-18)9-8-15-6-4-5-7-15/h12-13,15H,4,6,10-11,14H2,1-3H3,(H,24,25). The van der Waals surface area contributed by atoms with E-state index in [4.69, 9.17) is 16.3 Å². The van der Waals surface area contributed by atoms with Gasteiger partial charge in [0.15, 0.2) is 0 Å². The van der Waals surface area contributed by atoms with Crippen molar-refractivity contribution in [1.29, 1.82) is 0 Å². The lowest BCUT2D eigenvalue weighted by molar-refractivity contribution is 0.0522. The molecule has 136 valence electrons. The maximum atomic E-state index is 11.9. The number of nitrogens with one attached hydrogen (secondary N) is 1.